The van der Waals surface area contributed by atoms with Crippen molar-refractivity contribution < 1.29 is 22.4 Å². The van der Waals surface area contributed by atoms with Gasteiger partial charge in [-0.25, -0.2) is 8.42 Å². The van der Waals surface area contributed by atoms with E-state index >= 15 is 0 Å². The maximum absolute atomic E-state index is 11.9. The van der Waals surface area contributed by atoms with Crippen LogP contribution >= 0.6 is 0 Å². The number of aryl methyl sites for hydroxylation is 1. The molecule has 0 bridgehead atoms. The minimum absolute atomic E-state index is 0.0439. The molecule has 0 atom stereocenters. The lowest BCUT2D eigenvalue weighted by atomic mass is 10.2. The summed E-state index contributed by atoms with van der Waals surface area (Å²) in [5, 5.41) is 6.67. The SMILES string of the molecule is O=C(NCc1ccccc1)c1cc[n+](CCS(=O)(=O)[O-])nc1. The molecule has 1 heterocycles. The van der Waals surface area contributed by atoms with Gasteiger partial charge in [-0.15, -0.1) is 0 Å². The maximum Gasteiger partial charge on any atom is 0.253 e. The number of nitrogens with one attached hydrogen (secondary N) is 1. The summed E-state index contributed by atoms with van der Waals surface area (Å²) in [6.45, 7) is 0.362. The molecular formula is C14H15N3O4S. The largest absolute Gasteiger partial charge is 0.748 e. The predicted octanol–water partition coefficient (Wildman–Crippen LogP) is -0.156. The molecule has 0 saturated heterocycles. The Labute approximate surface area is 128 Å². The van der Waals surface area contributed by atoms with Gasteiger partial charge in [-0.3, -0.25) is 4.79 Å². The Hall–Kier alpha value is -2.32. The zero-order valence-corrected chi connectivity index (χ0v) is 12.5. The molecule has 0 radical (unpaired) electrons. The van der Waals surface area contributed by atoms with E-state index in [-0.39, 0.29) is 12.5 Å². The van der Waals surface area contributed by atoms with Crippen molar-refractivity contribution in [1.29, 1.82) is 0 Å². The van der Waals surface area contributed by atoms with Crippen LogP contribution in [-0.2, 0) is 23.2 Å². The van der Waals surface area contributed by atoms with Crippen LogP contribution in [0.15, 0.2) is 48.8 Å². The number of hydrogen-bond acceptors (Lipinski definition) is 5. The highest BCUT2D eigenvalue weighted by molar-refractivity contribution is 7.85. The van der Waals surface area contributed by atoms with E-state index in [1.807, 2.05) is 30.3 Å². The second kappa shape index (κ2) is 7.10. The molecule has 7 nitrogen and oxygen atoms in total. The average molecular weight is 321 g/mol. The van der Waals surface area contributed by atoms with Crippen LogP contribution in [0.25, 0.3) is 0 Å². The summed E-state index contributed by atoms with van der Waals surface area (Å²) in [4.78, 5) is 11.9. The molecule has 0 saturated carbocycles. The molecule has 1 aromatic carbocycles. The Morgan fingerprint density at radius 2 is 1.95 bits per heavy atom. The second-order valence-electron chi connectivity index (χ2n) is 4.61. The van der Waals surface area contributed by atoms with Crippen LogP contribution < -0.4 is 10.00 Å². The summed E-state index contributed by atoms with van der Waals surface area (Å²) in [7, 11) is -4.28. The molecule has 1 aromatic heterocycles. The summed E-state index contributed by atoms with van der Waals surface area (Å²) < 4.78 is 32.9. The van der Waals surface area contributed by atoms with E-state index in [0.29, 0.717) is 12.1 Å². The van der Waals surface area contributed by atoms with Crippen molar-refractivity contribution in [2.75, 3.05) is 5.75 Å². The fourth-order valence-electron chi connectivity index (χ4n) is 1.74. The van der Waals surface area contributed by atoms with Crippen LogP contribution in [0.5, 0.6) is 0 Å². The molecule has 0 fully saturated rings. The van der Waals surface area contributed by atoms with Crippen LogP contribution in [0.2, 0.25) is 0 Å². The Bertz CT molecular complexity index is 730. The fourth-order valence-corrected chi connectivity index (χ4v) is 2.15. The lowest BCUT2D eigenvalue weighted by Crippen LogP contribution is -2.41. The molecule has 0 aliphatic heterocycles. The number of carbonyl (C=O) groups excluding carboxylic acids is 1. The zero-order valence-electron chi connectivity index (χ0n) is 11.7. The van der Waals surface area contributed by atoms with E-state index < -0.39 is 15.9 Å². The van der Waals surface area contributed by atoms with Gasteiger partial charge in [0.05, 0.1) is 11.3 Å². The minimum Gasteiger partial charge on any atom is -0.748 e. The molecule has 0 unspecified atom stereocenters. The number of rotatable bonds is 6. The van der Waals surface area contributed by atoms with E-state index in [0.717, 1.165) is 5.56 Å². The van der Waals surface area contributed by atoms with Gasteiger partial charge in [-0.05, 0) is 10.7 Å². The highest BCUT2D eigenvalue weighted by atomic mass is 32.2. The van der Waals surface area contributed by atoms with Gasteiger partial charge in [-0.1, -0.05) is 35.0 Å². The fraction of sp³-hybridized carbons (Fsp3) is 0.214. The molecule has 2 rings (SSSR count). The first-order valence-electron chi connectivity index (χ1n) is 6.55. The van der Waals surface area contributed by atoms with Crippen LogP contribution in [0.4, 0.5) is 0 Å². The molecule has 1 N–H and O–H groups in total. The van der Waals surface area contributed by atoms with Crippen LogP contribution in [0.1, 0.15) is 15.9 Å². The summed E-state index contributed by atoms with van der Waals surface area (Å²) in [6, 6.07) is 11.0. The van der Waals surface area contributed by atoms with Gasteiger partial charge < -0.3 is 9.87 Å². The van der Waals surface area contributed by atoms with Gasteiger partial charge in [0.15, 0.2) is 12.7 Å². The summed E-state index contributed by atoms with van der Waals surface area (Å²) >= 11 is 0. The maximum atomic E-state index is 11.9. The summed E-state index contributed by atoms with van der Waals surface area (Å²) in [6.07, 6.45) is 2.79. The molecule has 22 heavy (non-hydrogen) atoms. The molecule has 2 aromatic rings. The van der Waals surface area contributed by atoms with Crippen LogP contribution in [0.3, 0.4) is 0 Å². The number of hydrogen-bond donors (Lipinski definition) is 1. The molecule has 8 heteroatoms. The first-order chi connectivity index (χ1) is 10.4. The quantitative estimate of drug-likeness (QED) is 0.588. The van der Waals surface area contributed by atoms with Crippen LogP contribution in [0, 0.1) is 0 Å². The molecular weight excluding hydrogens is 306 g/mol. The molecule has 1 amide bonds. The molecule has 0 aliphatic carbocycles. The Morgan fingerprint density at radius 3 is 2.55 bits per heavy atom. The smallest absolute Gasteiger partial charge is 0.253 e. The third kappa shape index (κ3) is 5.23. The van der Waals surface area contributed by atoms with Gasteiger partial charge in [0, 0.05) is 12.6 Å². The van der Waals surface area contributed by atoms with Crippen LogP contribution in [-0.4, -0.2) is 29.7 Å². The van der Waals surface area contributed by atoms with Gasteiger partial charge in [0.1, 0.15) is 16.3 Å². The van der Waals surface area contributed by atoms with Crippen molar-refractivity contribution in [3.05, 3.63) is 59.9 Å². The standard InChI is InChI=1S/C14H15N3O4S/c18-14(15-10-12-4-2-1-3-5-12)13-6-7-17(16-11-13)8-9-22(19,20)21/h1-7,11H,8-10H2,(H-,15,18,19,20,21). The first-order valence-corrected chi connectivity index (χ1v) is 8.13. The minimum atomic E-state index is -4.28. The Kier molecular flexibility index (Phi) is 5.18. The van der Waals surface area contributed by atoms with E-state index in [4.69, 9.17) is 0 Å². The highest BCUT2D eigenvalue weighted by Crippen LogP contribution is 1.99. The summed E-state index contributed by atoms with van der Waals surface area (Å²) in [5.41, 5.74) is 1.34. The van der Waals surface area contributed by atoms with E-state index in [9.17, 15) is 17.8 Å². The topological polar surface area (TPSA) is 103 Å². The van der Waals surface area contributed by atoms with Gasteiger partial charge >= 0.3 is 0 Å². The van der Waals surface area contributed by atoms with Gasteiger partial charge in [0.25, 0.3) is 5.91 Å². The van der Waals surface area contributed by atoms with Crippen molar-refractivity contribution in [2.45, 2.75) is 13.1 Å². The molecule has 0 spiro atoms. The number of carbonyl (C=O) groups is 1. The molecule has 0 aliphatic rings. The van der Waals surface area contributed by atoms with Crippen molar-refractivity contribution in [3.8, 4) is 0 Å². The third-order valence-corrected chi connectivity index (χ3v) is 3.58. The number of benzene rings is 1. The number of aromatic nitrogens is 2. The number of nitrogens with zero attached hydrogens (tertiary/aromatic N) is 2. The van der Waals surface area contributed by atoms with Crippen molar-refractivity contribution in [3.63, 3.8) is 0 Å². The Morgan fingerprint density at radius 1 is 1.23 bits per heavy atom. The highest BCUT2D eigenvalue weighted by Gasteiger charge is 2.10. The van der Waals surface area contributed by atoms with Gasteiger partial charge in [-0.2, -0.15) is 0 Å². The van der Waals surface area contributed by atoms with E-state index in [1.165, 1.54) is 23.1 Å². The normalized spacial score (nSPS) is 11.1. The lowest BCUT2D eigenvalue weighted by Gasteiger charge is -2.05. The lowest BCUT2D eigenvalue weighted by molar-refractivity contribution is -0.750. The van der Waals surface area contributed by atoms with Gasteiger partial charge in [0.2, 0.25) is 0 Å². The summed E-state index contributed by atoms with van der Waals surface area (Å²) in [5.74, 6) is -0.815. The second-order valence-corrected chi connectivity index (χ2v) is 6.13. The Balaban J connectivity index is 1.91. The van der Waals surface area contributed by atoms with E-state index in [2.05, 4.69) is 10.4 Å². The molecule has 116 valence electrons. The van der Waals surface area contributed by atoms with Crippen molar-refractivity contribution >= 4 is 16.0 Å². The first kappa shape index (κ1) is 16.1. The van der Waals surface area contributed by atoms with Crippen molar-refractivity contribution in [2.24, 2.45) is 0 Å². The zero-order chi connectivity index (χ0) is 16.0. The third-order valence-electron chi connectivity index (χ3n) is 2.90. The van der Waals surface area contributed by atoms with Crippen molar-refractivity contribution in [1.82, 2.24) is 10.4 Å². The predicted molar refractivity (Wildman–Crippen MR) is 76.6 cm³/mol. The van der Waals surface area contributed by atoms with E-state index in [1.54, 1.807) is 0 Å². The monoisotopic (exact) mass is 321 g/mol. The average Bonchev–Trinajstić information content (AvgIpc) is 2.51. The number of amides is 1.